The zero-order valence-electron chi connectivity index (χ0n) is 4.79. The summed E-state index contributed by atoms with van der Waals surface area (Å²) in [4.78, 5) is 14.8. The number of carbonyl (C=O) groups excluding carboxylic acids is 1. The number of nitrogens with one attached hydrogen (secondary N) is 1. The molecule has 1 amide bonds. The van der Waals surface area contributed by atoms with Gasteiger partial charge in [-0.05, 0) is 12.5 Å². The van der Waals surface area contributed by atoms with Gasteiger partial charge in [0, 0.05) is 0 Å². The molecular weight excluding hydrogens is 116 g/mol. The number of rotatable bonds is 0. The summed E-state index contributed by atoms with van der Waals surface area (Å²) in [6.45, 7) is 0. The van der Waals surface area contributed by atoms with E-state index in [0.717, 1.165) is 12.3 Å². The average Bonchev–Trinajstić information content (AvgIpc) is 2.09. The third kappa shape index (κ3) is 0.575. The molecule has 1 atom stereocenters. The first-order valence-electron chi connectivity index (χ1n) is 2.91. The standard InChI is InChI=1S/C6H6N2O/c9-6-4-2-1-3-5(7-4)8-6/h1,3-4H,2H2,(H,7,8,9). The van der Waals surface area contributed by atoms with E-state index in [2.05, 4.69) is 10.3 Å². The Morgan fingerprint density at radius 3 is 3.33 bits per heavy atom. The number of dihydropyridines is 1. The van der Waals surface area contributed by atoms with Crippen molar-refractivity contribution in [3.63, 3.8) is 0 Å². The van der Waals surface area contributed by atoms with E-state index in [-0.39, 0.29) is 11.9 Å². The van der Waals surface area contributed by atoms with E-state index in [0.29, 0.717) is 0 Å². The van der Waals surface area contributed by atoms with Crippen molar-refractivity contribution in [1.82, 2.24) is 5.32 Å². The number of nitrogens with zero attached hydrogens (tertiary/aromatic N) is 1. The van der Waals surface area contributed by atoms with Crippen LogP contribution >= 0.6 is 0 Å². The van der Waals surface area contributed by atoms with Crippen LogP contribution in [-0.4, -0.2) is 17.8 Å². The summed E-state index contributed by atoms with van der Waals surface area (Å²) < 4.78 is 0. The van der Waals surface area contributed by atoms with Crippen LogP contribution in [0.25, 0.3) is 0 Å². The SMILES string of the molecule is O=C1NC2=NC1CC=C2. The maximum Gasteiger partial charge on any atom is 0.250 e. The van der Waals surface area contributed by atoms with E-state index < -0.39 is 0 Å². The van der Waals surface area contributed by atoms with Gasteiger partial charge in [-0.15, -0.1) is 0 Å². The van der Waals surface area contributed by atoms with E-state index in [1.807, 2.05) is 12.2 Å². The second-order valence-electron chi connectivity index (χ2n) is 2.16. The Bertz CT molecular complexity index is 217. The fourth-order valence-electron chi connectivity index (χ4n) is 1.02. The predicted molar refractivity (Wildman–Crippen MR) is 33.1 cm³/mol. The maximum atomic E-state index is 10.8. The van der Waals surface area contributed by atoms with Gasteiger partial charge in [0.15, 0.2) is 0 Å². The van der Waals surface area contributed by atoms with E-state index in [4.69, 9.17) is 0 Å². The van der Waals surface area contributed by atoms with Gasteiger partial charge in [-0.3, -0.25) is 9.79 Å². The number of fused-ring (bicyclic) bond motifs is 1. The van der Waals surface area contributed by atoms with Crippen molar-refractivity contribution in [3.05, 3.63) is 12.2 Å². The minimum Gasteiger partial charge on any atom is -0.309 e. The van der Waals surface area contributed by atoms with E-state index in [1.165, 1.54) is 0 Å². The number of carbonyl (C=O) groups is 1. The molecule has 46 valence electrons. The number of hydrogen-bond donors (Lipinski definition) is 1. The van der Waals surface area contributed by atoms with Crippen LogP contribution in [0.5, 0.6) is 0 Å². The van der Waals surface area contributed by atoms with Gasteiger partial charge in [-0.25, -0.2) is 0 Å². The molecule has 0 saturated heterocycles. The number of amides is 1. The summed E-state index contributed by atoms with van der Waals surface area (Å²) in [5.41, 5.74) is 0. The van der Waals surface area contributed by atoms with Gasteiger partial charge in [0.25, 0.3) is 5.91 Å². The molecule has 9 heavy (non-hydrogen) atoms. The van der Waals surface area contributed by atoms with E-state index in [9.17, 15) is 4.79 Å². The molecule has 0 spiro atoms. The Kier molecular flexibility index (Phi) is 0.754. The second kappa shape index (κ2) is 1.43. The zero-order valence-corrected chi connectivity index (χ0v) is 4.79. The van der Waals surface area contributed by atoms with Crippen LogP contribution in [-0.2, 0) is 4.79 Å². The lowest BCUT2D eigenvalue weighted by molar-refractivity contribution is -0.119. The summed E-state index contributed by atoms with van der Waals surface area (Å²) in [6.07, 6.45) is 4.56. The highest BCUT2D eigenvalue weighted by Gasteiger charge is 2.25. The Morgan fingerprint density at radius 1 is 1.78 bits per heavy atom. The van der Waals surface area contributed by atoms with Crippen molar-refractivity contribution < 1.29 is 4.79 Å². The van der Waals surface area contributed by atoms with E-state index in [1.54, 1.807) is 0 Å². The van der Waals surface area contributed by atoms with Crippen molar-refractivity contribution >= 4 is 11.7 Å². The third-order valence-corrected chi connectivity index (χ3v) is 1.48. The third-order valence-electron chi connectivity index (χ3n) is 1.48. The predicted octanol–water partition coefficient (Wildman–Crippen LogP) is -0.157. The first-order chi connectivity index (χ1) is 4.36. The minimum absolute atomic E-state index is 0.0370. The van der Waals surface area contributed by atoms with Crippen molar-refractivity contribution in [2.75, 3.05) is 0 Å². The van der Waals surface area contributed by atoms with Crippen LogP contribution in [0.1, 0.15) is 6.42 Å². The van der Waals surface area contributed by atoms with Gasteiger partial charge in [0.1, 0.15) is 11.9 Å². The lowest BCUT2D eigenvalue weighted by Crippen LogP contribution is -2.25. The van der Waals surface area contributed by atoms with Crippen LogP contribution in [0.2, 0.25) is 0 Å². The van der Waals surface area contributed by atoms with Gasteiger partial charge in [0.05, 0.1) is 0 Å². The normalized spacial score (nSPS) is 30.0. The van der Waals surface area contributed by atoms with Gasteiger partial charge < -0.3 is 5.32 Å². The molecule has 2 aliphatic heterocycles. The molecule has 2 rings (SSSR count). The average molecular weight is 122 g/mol. The molecular formula is C6H6N2O. The summed E-state index contributed by atoms with van der Waals surface area (Å²) in [7, 11) is 0. The molecule has 2 heterocycles. The largest absolute Gasteiger partial charge is 0.309 e. The van der Waals surface area contributed by atoms with Crippen molar-refractivity contribution in [2.24, 2.45) is 4.99 Å². The van der Waals surface area contributed by atoms with Crippen molar-refractivity contribution in [3.8, 4) is 0 Å². The quantitative estimate of drug-likeness (QED) is 0.476. The monoisotopic (exact) mass is 122 g/mol. The second-order valence-corrected chi connectivity index (χ2v) is 2.16. The fourth-order valence-corrected chi connectivity index (χ4v) is 1.02. The summed E-state index contributed by atoms with van der Waals surface area (Å²) in [5, 5.41) is 2.64. The molecule has 0 aromatic rings. The topological polar surface area (TPSA) is 41.5 Å². The van der Waals surface area contributed by atoms with Crippen LogP contribution in [0.15, 0.2) is 17.1 Å². The Morgan fingerprint density at radius 2 is 2.67 bits per heavy atom. The number of hydrogen-bond acceptors (Lipinski definition) is 2. The summed E-state index contributed by atoms with van der Waals surface area (Å²) in [5.74, 6) is 0.756. The fraction of sp³-hybridized carbons (Fsp3) is 0.333. The molecule has 0 aliphatic carbocycles. The van der Waals surface area contributed by atoms with Crippen molar-refractivity contribution in [1.29, 1.82) is 0 Å². The molecule has 1 N–H and O–H groups in total. The molecule has 0 saturated carbocycles. The maximum absolute atomic E-state index is 10.8. The van der Waals surface area contributed by atoms with Crippen LogP contribution < -0.4 is 5.32 Å². The molecule has 1 unspecified atom stereocenters. The lowest BCUT2D eigenvalue weighted by Gasteiger charge is -1.98. The van der Waals surface area contributed by atoms with Crippen LogP contribution in [0.4, 0.5) is 0 Å². The Labute approximate surface area is 52.5 Å². The molecule has 0 radical (unpaired) electrons. The first-order valence-corrected chi connectivity index (χ1v) is 2.91. The first kappa shape index (κ1) is 4.73. The smallest absolute Gasteiger partial charge is 0.250 e. The molecule has 0 fully saturated rings. The zero-order chi connectivity index (χ0) is 6.27. The van der Waals surface area contributed by atoms with Gasteiger partial charge in [0.2, 0.25) is 0 Å². The number of amidine groups is 1. The summed E-state index contributed by atoms with van der Waals surface area (Å²) >= 11 is 0. The van der Waals surface area contributed by atoms with Gasteiger partial charge in [-0.2, -0.15) is 0 Å². The molecule has 2 aliphatic rings. The van der Waals surface area contributed by atoms with Gasteiger partial charge >= 0.3 is 0 Å². The van der Waals surface area contributed by atoms with Gasteiger partial charge in [-0.1, -0.05) is 6.08 Å². The van der Waals surface area contributed by atoms with Crippen LogP contribution in [0, 0.1) is 0 Å². The molecule has 3 nitrogen and oxygen atoms in total. The summed E-state index contributed by atoms with van der Waals surface area (Å²) in [6, 6.07) is -0.120. The lowest BCUT2D eigenvalue weighted by atomic mass is 10.2. The Balaban J connectivity index is 2.36. The molecule has 3 heteroatoms. The Hall–Kier alpha value is -1.12. The molecule has 0 aromatic carbocycles. The van der Waals surface area contributed by atoms with E-state index >= 15 is 0 Å². The highest BCUT2D eigenvalue weighted by molar-refractivity contribution is 6.11. The highest BCUT2D eigenvalue weighted by atomic mass is 16.2. The molecule has 0 aromatic heterocycles. The highest BCUT2D eigenvalue weighted by Crippen LogP contribution is 2.10. The van der Waals surface area contributed by atoms with Crippen molar-refractivity contribution in [2.45, 2.75) is 12.5 Å². The van der Waals surface area contributed by atoms with Crippen LogP contribution in [0.3, 0.4) is 0 Å². The molecule has 2 bridgehead atoms. The minimum atomic E-state index is -0.120. The number of aliphatic imine (C=N–C) groups is 1.